The SMILES string of the molecule is C=COCCCNC(=O)C1CC1C(=O)O. The van der Waals surface area contributed by atoms with Gasteiger partial charge in [0.2, 0.25) is 5.91 Å². The Morgan fingerprint density at radius 1 is 1.53 bits per heavy atom. The second-order valence-electron chi connectivity index (χ2n) is 3.47. The van der Waals surface area contributed by atoms with Crippen molar-refractivity contribution in [3.63, 3.8) is 0 Å². The number of hydrogen-bond acceptors (Lipinski definition) is 3. The summed E-state index contributed by atoms with van der Waals surface area (Å²) in [5, 5.41) is 11.3. The maximum Gasteiger partial charge on any atom is 0.307 e. The number of ether oxygens (including phenoxy) is 1. The van der Waals surface area contributed by atoms with E-state index in [4.69, 9.17) is 9.84 Å². The van der Waals surface area contributed by atoms with E-state index < -0.39 is 11.9 Å². The van der Waals surface area contributed by atoms with Gasteiger partial charge in [-0.1, -0.05) is 6.58 Å². The molecule has 5 heteroatoms. The fourth-order valence-corrected chi connectivity index (χ4v) is 1.34. The summed E-state index contributed by atoms with van der Waals surface area (Å²) in [6, 6.07) is 0. The number of carbonyl (C=O) groups excluding carboxylic acids is 1. The lowest BCUT2D eigenvalue weighted by Gasteiger charge is -2.03. The normalized spacial score (nSPS) is 22.9. The molecule has 1 rings (SSSR count). The van der Waals surface area contributed by atoms with Gasteiger partial charge in [0.05, 0.1) is 24.7 Å². The largest absolute Gasteiger partial charge is 0.502 e. The molecule has 2 atom stereocenters. The second kappa shape index (κ2) is 5.38. The Bertz CT molecular complexity index is 264. The molecular formula is C10H15NO4. The van der Waals surface area contributed by atoms with E-state index in [1.54, 1.807) is 0 Å². The molecule has 1 saturated carbocycles. The van der Waals surface area contributed by atoms with Gasteiger partial charge in [0.1, 0.15) is 0 Å². The number of nitrogens with one attached hydrogen (secondary N) is 1. The zero-order valence-corrected chi connectivity index (χ0v) is 8.44. The van der Waals surface area contributed by atoms with E-state index in [9.17, 15) is 9.59 Å². The van der Waals surface area contributed by atoms with Crippen LogP contribution in [0, 0.1) is 11.8 Å². The van der Waals surface area contributed by atoms with Crippen molar-refractivity contribution in [2.45, 2.75) is 12.8 Å². The molecule has 0 aromatic rings. The molecule has 15 heavy (non-hydrogen) atoms. The summed E-state index contributed by atoms with van der Waals surface area (Å²) >= 11 is 0. The number of rotatable bonds is 7. The molecule has 1 fully saturated rings. The molecule has 0 spiro atoms. The van der Waals surface area contributed by atoms with Crippen molar-refractivity contribution in [1.82, 2.24) is 5.32 Å². The third-order valence-corrected chi connectivity index (χ3v) is 2.30. The minimum absolute atomic E-state index is 0.166. The van der Waals surface area contributed by atoms with E-state index >= 15 is 0 Å². The summed E-state index contributed by atoms with van der Waals surface area (Å²) in [6.07, 6.45) is 2.51. The van der Waals surface area contributed by atoms with Gasteiger partial charge in [-0.05, 0) is 12.8 Å². The van der Waals surface area contributed by atoms with Crippen LogP contribution < -0.4 is 5.32 Å². The molecule has 0 heterocycles. The summed E-state index contributed by atoms with van der Waals surface area (Å²) in [4.78, 5) is 21.8. The summed E-state index contributed by atoms with van der Waals surface area (Å²) in [5.41, 5.74) is 0. The van der Waals surface area contributed by atoms with Crippen molar-refractivity contribution in [2.75, 3.05) is 13.2 Å². The molecule has 0 bridgehead atoms. The van der Waals surface area contributed by atoms with Crippen LogP contribution in [0.25, 0.3) is 0 Å². The molecule has 5 nitrogen and oxygen atoms in total. The van der Waals surface area contributed by atoms with Crippen molar-refractivity contribution in [1.29, 1.82) is 0 Å². The Morgan fingerprint density at radius 2 is 2.27 bits per heavy atom. The van der Waals surface area contributed by atoms with Crippen molar-refractivity contribution >= 4 is 11.9 Å². The van der Waals surface area contributed by atoms with Gasteiger partial charge in [0.15, 0.2) is 0 Å². The molecule has 0 aliphatic heterocycles. The number of hydrogen-bond donors (Lipinski definition) is 2. The van der Waals surface area contributed by atoms with Crippen molar-refractivity contribution in [2.24, 2.45) is 11.8 Å². The lowest BCUT2D eigenvalue weighted by Crippen LogP contribution is -2.27. The Hall–Kier alpha value is -1.52. The molecule has 2 unspecified atom stereocenters. The van der Waals surface area contributed by atoms with Gasteiger partial charge in [0.25, 0.3) is 0 Å². The van der Waals surface area contributed by atoms with Crippen LogP contribution >= 0.6 is 0 Å². The minimum atomic E-state index is -0.884. The van der Waals surface area contributed by atoms with Crippen LogP contribution in [0.2, 0.25) is 0 Å². The molecule has 0 saturated heterocycles. The number of carbonyl (C=O) groups is 2. The molecule has 0 aromatic heterocycles. The number of aliphatic carboxylic acids is 1. The maximum atomic E-state index is 11.3. The summed E-state index contributed by atoms with van der Waals surface area (Å²) in [6.45, 7) is 4.41. The Labute approximate surface area is 88.1 Å². The number of carboxylic acid groups (broad SMARTS) is 1. The van der Waals surface area contributed by atoms with Crippen LogP contribution in [0.15, 0.2) is 12.8 Å². The highest BCUT2D eigenvalue weighted by atomic mass is 16.5. The molecule has 1 aliphatic rings. The number of carboxylic acids is 1. The van der Waals surface area contributed by atoms with Gasteiger partial charge < -0.3 is 15.2 Å². The molecule has 1 amide bonds. The van der Waals surface area contributed by atoms with Gasteiger partial charge in [0, 0.05) is 6.54 Å². The molecule has 0 radical (unpaired) electrons. The van der Waals surface area contributed by atoms with Gasteiger partial charge in [-0.2, -0.15) is 0 Å². The smallest absolute Gasteiger partial charge is 0.307 e. The average Bonchev–Trinajstić information content (AvgIpc) is 2.96. The second-order valence-corrected chi connectivity index (χ2v) is 3.47. The molecule has 84 valence electrons. The third kappa shape index (κ3) is 3.61. The molecular weight excluding hydrogens is 198 g/mol. The fraction of sp³-hybridized carbons (Fsp3) is 0.600. The van der Waals surface area contributed by atoms with E-state index in [1.807, 2.05) is 0 Å². The maximum absolute atomic E-state index is 11.3. The van der Waals surface area contributed by atoms with Crippen LogP contribution in [0.1, 0.15) is 12.8 Å². The van der Waals surface area contributed by atoms with Gasteiger partial charge in [-0.15, -0.1) is 0 Å². The van der Waals surface area contributed by atoms with Crippen LogP contribution in [-0.4, -0.2) is 30.1 Å². The van der Waals surface area contributed by atoms with Gasteiger partial charge in [-0.3, -0.25) is 9.59 Å². The van der Waals surface area contributed by atoms with E-state index in [-0.39, 0.29) is 11.8 Å². The van der Waals surface area contributed by atoms with E-state index in [1.165, 1.54) is 6.26 Å². The lowest BCUT2D eigenvalue weighted by atomic mass is 10.3. The highest BCUT2D eigenvalue weighted by Gasteiger charge is 2.48. The quantitative estimate of drug-likeness (QED) is 0.473. The summed E-state index contributed by atoms with van der Waals surface area (Å²) < 4.78 is 4.87. The van der Waals surface area contributed by atoms with Crippen LogP contribution in [0.5, 0.6) is 0 Å². The summed E-state index contributed by atoms with van der Waals surface area (Å²) in [7, 11) is 0. The van der Waals surface area contributed by atoms with E-state index in [0.717, 1.165) is 0 Å². The Morgan fingerprint density at radius 3 is 2.80 bits per heavy atom. The number of amides is 1. The third-order valence-electron chi connectivity index (χ3n) is 2.30. The lowest BCUT2D eigenvalue weighted by molar-refractivity contribution is -0.140. The first-order chi connectivity index (χ1) is 7.16. The zero-order chi connectivity index (χ0) is 11.3. The van der Waals surface area contributed by atoms with Crippen molar-refractivity contribution in [3.05, 3.63) is 12.8 Å². The summed E-state index contributed by atoms with van der Waals surface area (Å²) in [5.74, 6) is -1.86. The highest BCUT2D eigenvalue weighted by Crippen LogP contribution is 2.38. The van der Waals surface area contributed by atoms with Crippen LogP contribution in [0.4, 0.5) is 0 Å². The average molecular weight is 213 g/mol. The first-order valence-corrected chi connectivity index (χ1v) is 4.90. The molecule has 0 aromatic carbocycles. The minimum Gasteiger partial charge on any atom is -0.502 e. The molecule has 1 aliphatic carbocycles. The Kier molecular flexibility index (Phi) is 4.15. The van der Waals surface area contributed by atoms with Crippen LogP contribution in [-0.2, 0) is 14.3 Å². The predicted molar refractivity (Wildman–Crippen MR) is 53.0 cm³/mol. The first kappa shape index (κ1) is 11.6. The van der Waals surface area contributed by atoms with Gasteiger partial charge in [-0.25, -0.2) is 0 Å². The molecule has 2 N–H and O–H groups in total. The monoisotopic (exact) mass is 213 g/mol. The van der Waals surface area contributed by atoms with Gasteiger partial charge >= 0.3 is 5.97 Å². The van der Waals surface area contributed by atoms with E-state index in [0.29, 0.717) is 26.0 Å². The standard InChI is InChI=1S/C10H15NO4/c1-2-15-5-3-4-11-9(12)7-6-8(7)10(13)14/h2,7-8H,1,3-6H2,(H,11,12)(H,13,14). The Balaban J connectivity index is 2.05. The predicted octanol–water partition coefficient (Wildman–Crippen LogP) is 0.373. The van der Waals surface area contributed by atoms with Crippen LogP contribution in [0.3, 0.4) is 0 Å². The first-order valence-electron chi connectivity index (χ1n) is 4.90. The van der Waals surface area contributed by atoms with E-state index in [2.05, 4.69) is 11.9 Å². The topological polar surface area (TPSA) is 75.6 Å². The van der Waals surface area contributed by atoms with Crippen molar-refractivity contribution < 1.29 is 19.4 Å². The highest BCUT2D eigenvalue weighted by molar-refractivity contribution is 5.89. The zero-order valence-electron chi connectivity index (χ0n) is 8.44. The van der Waals surface area contributed by atoms with Crippen molar-refractivity contribution in [3.8, 4) is 0 Å². The fourth-order valence-electron chi connectivity index (χ4n) is 1.34.